The Morgan fingerprint density at radius 3 is 2.56 bits per heavy atom. The Morgan fingerprint density at radius 1 is 1.16 bits per heavy atom. The lowest BCUT2D eigenvalue weighted by Crippen LogP contribution is -2.33. The zero-order valence-corrected chi connectivity index (χ0v) is 17.9. The zero-order chi connectivity index (χ0) is 22.7. The van der Waals surface area contributed by atoms with E-state index < -0.39 is 11.6 Å². The Kier molecular flexibility index (Phi) is 6.39. The number of benzene rings is 2. The molecule has 4 rings (SSSR count). The SMILES string of the molecule is COc1ccc(OC)c(CN(C(=O)CCc2ncc(-c3c(F)cccc3F)o2)C2CC2)c1. The van der Waals surface area contributed by atoms with Gasteiger partial charge in [-0.15, -0.1) is 0 Å². The van der Waals surface area contributed by atoms with E-state index in [1.807, 2.05) is 23.1 Å². The fraction of sp³-hybridized carbons (Fsp3) is 0.333. The van der Waals surface area contributed by atoms with Gasteiger partial charge in [-0.05, 0) is 43.2 Å². The van der Waals surface area contributed by atoms with Crippen molar-refractivity contribution in [3.05, 3.63) is 65.7 Å². The lowest BCUT2D eigenvalue weighted by atomic mass is 10.1. The number of ether oxygens (including phenoxy) is 2. The van der Waals surface area contributed by atoms with Gasteiger partial charge in [0.25, 0.3) is 0 Å². The highest BCUT2D eigenvalue weighted by molar-refractivity contribution is 5.77. The molecule has 3 aromatic rings. The molecule has 0 saturated heterocycles. The van der Waals surface area contributed by atoms with Crippen LogP contribution in [-0.4, -0.2) is 36.1 Å². The van der Waals surface area contributed by atoms with Crippen LogP contribution in [0.2, 0.25) is 0 Å². The van der Waals surface area contributed by atoms with Crippen molar-refractivity contribution in [3.63, 3.8) is 0 Å². The topological polar surface area (TPSA) is 64.8 Å². The molecule has 0 unspecified atom stereocenters. The van der Waals surface area contributed by atoms with Crippen molar-refractivity contribution < 1.29 is 27.5 Å². The van der Waals surface area contributed by atoms with Crippen molar-refractivity contribution in [1.29, 1.82) is 0 Å². The Balaban J connectivity index is 1.45. The van der Waals surface area contributed by atoms with Crippen molar-refractivity contribution in [2.75, 3.05) is 14.2 Å². The summed E-state index contributed by atoms with van der Waals surface area (Å²) in [4.78, 5) is 18.9. The number of nitrogens with zero attached hydrogens (tertiary/aromatic N) is 2. The molecule has 0 radical (unpaired) electrons. The highest BCUT2D eigenvalue weighted by Gasteiger charge is 2.33. The summed E-state index contributed by atoms with van der Waals surface area (Å²) in [6.45, 7) is 0.404. The molecule has 1 fully saturated rings. The Labute approximate surface area is 184 Å². The average molecular weight is 442 g/mol. The number of aryl methyl sites for hydroxylation is 1. The van der Waals surface area contributed by atoms with E-state index in [2.05, 4.69) is 4.98 Å². The molecule has 1 heterocycles. The molecule has 0 bridgehead atoms. The number of rotatable bonds is 9. The maximum atomic E-state index is 14.0. The van der Waals surface area contributed by atoms with Crippen molar-refractivity contribution >= 4 is 5.91 Å². The maximum absolute atomic E-state index is 14.0. The van der Waals surface area contributed by atoms with Crippen LogP contribution in [-0.2, 0) is 17.8 Å². The van der Waals surface area contributed by atoms with Gasteiger partial charge in [0, 0.05) is 31.0 Å². The van der Waals surface area contributed by atoms with E-state index in [9.17, 15) is 13.6 Å². The molecule has 0 aliphatic heterocycles. The summed E-state index contributed by atoms with van der Waals surface area (Å²) in [5, 5.41) is 0. The second kappa shape index (κ2) is 9.38. The second-order valence-corrected chi connectivity index (χ2v) is 7.65. The number of oxazole rings is 1. The second-order valence-electron chi connectivity index (χ2n) is 7.65. The maximum Gasteiger partial charge on any atom is 0.223 e. The van der Waals surface area contributed by atoms with Crippen molar-refractivity contribution in [2.45, 2.75) is 38.3 Å². The van der Waals surface area contributed by atoms with Gasteiger partial charge in [0.2, 0.25) is 5.91 Å². The van der Waals surface area contributed by atoms with Gasteiger partial charge in [-0.25, -0.2) is 13.8 Å². The number of halogens is 2. The number of hydrogen-bond donors (Lipinski definition) is 0. The van der Waals surface area contributed by atoms with E-state index >= 15 is 0 Å². The summed E-state index contributed by atoms with van der Waals surface area (Å²) >= 11 is 0. The summed E-state index contributed by atoms with van der Waals surface area (Å²) in [5.41, 5.74) is 0.600. The molecule has 8 heteroatoms. The minimum absolute atomic E-state index is 0.00298. The fourth-order valence-electron chi connectivity index (χ4n) is 3.63. The van der Waals surface area contributed by atoms with Crippen molar-refractivity contribution in [1.82, 2.24) is 9.88 Å². The van der Waals surface area contributed by atoms with Gasteiger partial charge in [0.05, 0.1) is 26.0 Å². The van der Waals surface area contributed by atoms with Crippen LogP contribution in [0.5, 0.6) is 11.5 Å². The number of methoxy groups -OCH3 is 2. The third kappa shape index (κ3) is 4.74. The molecule has 168 valence electrons. The summed E-state index contributed by atoms with van der Waals surface area (Å²) < 4.78 is 44.2. The van der Waals surface area contributed by atoms with E-state index in [0.717, 1.165) is 30.5 Å². The van der Waals surface area contributed by atoms with Crippen LogP contribution >= 0.6 is 0 Å². The van der Waals surface area contributed by atoms with E-state index in [1.54, 1.807) is 14.2 Å². The number of amides is 1. The van der Waals surface area contributed by atoms with E-state index in [-0.39, 0.29) is 42.0 Å². The molecule has 0 N–H and O–H groups in total. The summed E-state index contributed by atoms with van der Waals surface area (Å²) in [6.07, 6.45) is 3.58. The van der Waals surface area contributed by atoms with Gasteiger partial charge >= 0.3 is 0 Å². The standard InChI is InChI=1S/C24H24F2N2O4/c1-30-17-8-9-20(31-2)15(12-17)14-28(16-6-7-16)23(29)11-10-22-27-13-21(32-22)24-18(25)4-3-5-19(24)26/h3-5,8-9,12-13,16H,6-7,10-11,14H2,1-2H3. The zero-order valence-electron chi connectivity index (χ0n) is 17.9. The summed E-state index contributed by atoms with van der Waals surface area (Å²) in [5.74, 6) is 0.139. The molecular formula is C24H24F2N2O4. The number of aromatic nitrogens is 1. The molecule has 0 spiro atoms. The molecule has 2 aromatic carbocycles. The van der Waals surface area contributed by atoms with Crippen LogP contribution in [0, 0.1) is 11.6 Å². The highest BCUT2D eigenvalue weighted by atomic mass is 19.1. The molecule has 1 aliphatic rings. The van der Waals surface area contributed by atoms with E-state index in [1.165, 1.54) is 12.3 Å². The number of carbonyl (C=O) groups is 1. The lowest BCUT2D eigenvalue weighted by molar-refractivity contribution is -0.132. The molecule has 6 nitrogen and oxygen atoms in total. The van der Waals surface area contributed by atoms with Gasteiger partial charge in [-0.1, -0.05) is 6.07 Å². The smallest absolute Gasteiger partial charge is 0.223 e. The molecule has 0 atom stereocenters. The van der Waals surface area contributed by atoms with Crippen LogP contribution in [0.15, 0.2) is 47.0 Å². The first-order valence-electron chi connectivity index (χ1n) is 10.4. The van der Waals surface area contributed by atoms with Crippen LogP contribution in [0.25, 0.3) is 11.3 Å². The Bertz CT molecular complexity index is 1090. The monoisotopic (exact) mass is 442 g/mol. The lowest BCUT2D eigenvalue weighted by Gasteiger charge is -2.24. The van der Waals surface area contributed by atoms with Crippen LogP contribution in [0.4, 0.5) is 8.78 Å². The fourth-order valence-corrected chi connectivity index (χ4v) is 3.63. The van der Waals surface area contributed by atoms with Gasteiger partial charge in [0.15, 0.2) is 11.7 Å². The quantitative estimate of drug-likeness (QED) is 0.478. The first kappa shape index (κ1) is 21.8. The van der Waals surface area contributed by atoms with Gasteiger partial charge in [-0.3, -0.25) is 4.79 Å². The third-order valence-corrected chi connectivity index (χ3v) is 5.45. The Hall–Kier alpha value is -3.42. The highest BCUT2D eigenvalue weighted by Crippen LogP contribution is 2.33. The predicted molar refractivity (Wildman–Crippen MR) is 113 cm³/mol. The normalized spacial score (nSPS) is 13.1. The number of hydrogen-bond acceptors (Lipinski definition) is 5. The van der Waals surface area contributed by atoms with Crippen molar-refractivity contribution in [2.24, 2.45) is 0 Å². The minimum atomic E-state index is -0.726. The predicted octanol–water partition coefficient (Wildman–Crippen LogP) is 4.76. The average Bonchev–Trinajstić information content (AvgIpc) is 3.53. The van der Waals surface area contributed by atoms with Crippen LogP contribution in [0.1, 0.15) is 30.7 Å². The van der Waals surface area contributed by atoms with Crippen LogP contribution < -0.4 is 9.47 Å². The van der Waals surface area contributed by atoms with E-state index in [4.69, 9.17) is 13.9 Å². The third-order valence-electron chi connectivity index (χ3n) is 5.45. The van der Waals surface area contributed by atoms with Crippen molar-refractivity contribution in [3.8, 4) is 22.8 Å². The molecule has 1 aromatic heterocycles. The summed E-state index contributed by atoms with van der Waals surface area (Å²) in [6, 6.07) is 9.28. The molecule has 1 amide bonds. The minimum Gasteiger partial charge on any atom is -0.497 e. The molecule has 32 heavy (non-hydrogen) atoms. The molecule has 1 aliphatic carbocycles. The largest absolute Gasteiger partial charge is 0.497 e. The van der Waals surface area contributed by atoms with E-state index in [0.29, 0.717) is 18.0 Å². The first-order valence-corrected chi connectivity index (χ1v) is 10.4. The summed E-state index contributed by atoms with van der Waals surface area (Å²) in [7, 11) is 3.18. The van der Waals surface area contributed by atoms with Gasteiger partial charge in [0.1, 0.15) is 23.1 Å². The van der Waals surface area contributed by atoms with Gasteiger partial charge < -0.3 is 18.8 Å². The molecular weight excluding hydrogens is 418 g/mol. The molecule has 1 saturated carbocycles. The van der Waals surface area contributed by atoms with Crippen LogP contribution in [0.3, 0.4) is 0 Å². The number of carbonyl (C=O) groups excluding carboxylic acids is 1. The Morgan fingerprint density at radius 2 is 1.91 bits per heavy atom. The van der Waals surface area contributed by atoms with Gasteiger partial charge in [-0.2, -0.15) is 0 Å². The first-order chi connectivity index (χ1) is 15.5.